The number of hydrogen-bond acceptors (Lipinski definition) is 2. The van der Waals surface area contributed by atoms with Crippen LogP contribution in [-0.4, -0.2) is 24.3 Å². The Labute approximate surface area is 89.3 Å². The third-order valence-corrected chi connectivity index (χ3v) is 2.02. The molecule has 2 amide bonds. The van der Waals surface area contributed by atoms with Gasteiger partial charge in [-0.05, 0) is 24.1 Å². The molecule has 0 aliphatic carbocycles. The minimum absolute atomic E-state index is 0.0534. The van der Waals surface area contributed by atoms with Crippen LogP contribution in [0.25, 0.3) is 0 Å². The average molecular weight is 208 g/mol. The van der Waals surface area contributed by atoms with Gasteiger partial charge in [0.05, 0.1) is 6.61 Å². The van der Waals surface area contributed by atoms with Crippen LogP contribution in [0.3, 0.4) is 0 Å². The summed E-state index contributed by atoms with van der Waals surface area (Å²) < 4.78 is 0. The van der Waals surface area contributed by atoms with Crippen molar-refractivity contribution in [2.45, 2.75) is 13.3 Å². The molecule has 0 radical (unpaired) electrons. The first-order chi connectivity index (χ1) is 7.26. The molecular weight excluding hydrogens is 192 g/mol. The van der Waals surface area contributed by atoms with Gasteiger partial charge in [-0.25, -0.2) is 4.79 Å². The smallest absolute Gasteiger partial charge is 0.319 e. The Balaban J connectivity index is 2.46. The van der Waals surface area contributed by atoms with Crippen LogP contribution in [0.15, 0.2) is 24.3 Å². The maximum atomic E-state index is 11.2. The fraction of sp³-hybridized carbons (Fsp3) is 0.364. The lowest BCUT2D eigenvalue weighted by Crippen LogP contribution is -2.30. The molecule has 0 heterocycles. The van der Waals surface area contributed by atoms with Crippen molar-refractivity contribution in [1.82, 2.24) is 5.32 Å². The van der Waals surface area contributed by atoms with Gasteiger partial charge in [-0.3, -0.25) is 0 Å². The van der Waals surface area contributed by atoms with Crippen molar-refractivity contribution in [2.24, 2.45) is 0 Å². The lowest BCUT2D eigenvalue weighted by atomic mass is 10.1. The normalized spacial score (nSPS) is 9.73. The number of carbonyl (C=O) groups is 1. The van der Waals surface area contributed by atoms with Gasteiger partial charge in [0.1, 0.15) is 0 Å². The van der Waals surface area contributed by atoms with Crippen LogP contribution in [0.2, 0.25) is 0 Å². The number of benzene rings is 1. The first-order valence-electron chi connectivity index (χ1n) is 5.01. The van der Waals surface area contributed by atoms with Crippen molar-refractivity contribution in [3.63, 3.8) is 0 Å². The number of aryl methyl sites for hydroxylation is 1. The Hall–Kier alpha value is -1.55. The monoisotopic (exact) mass is 208 g/mol. The second-order valence-electron chi connectivity index (χ2n) is 3.15. The molecule has 4 nitrogen and oxygen atoms in total. The Morgan fingerprint density at radius 3 is 2.53 bits per heavy atom. The van der Waals surface area contributed by atoms with Gasteiger partial charge < -0.3 is 15.7 Å². The predicted octanol–water partition coefficient (Wildman–Crippen LogP) is 1.36. The van der Waals surface area contributed by atoms with Crippen molar-refractivity contribution < 1.29 is 9.90 Å². The lowest BCUT2D eigenvalue weighted by molar-refractivity contribution is 0.245. The Morgan fingerprint density at radius 1 is 1.33 bits per heavy atom. The molecule has 0 saturated carbocycles. The van der Waals surface area contributed by atoms with E-state index in [4.69, 9.17) is 5.11 Å². The molecule has 0 bridgehead atoms. The quantitative estimate of drug-likeness (QED) is 0.699. The molecule has 0 aromatic heterocycles. The van der Waals surface area contributed by atoms with Gasteiger partial charge in [-0.1, -0.05) is 19.1 Å². The van der Waals surface area contributed by atoms with Crippen molar-refractivity contribution in [1.29, 1.82) is 0 Å². The van der Waals surface area contributed by atoms with Gasteiger partial charge in [0.2, 0.25) is 0 Å². The first-order valence-corrected chi connectivity index (χ1v) is 5.01. The first kappa shape index (κ1) is 11.5. The lowest BCUT2D eigenvalue weighted by Gasteiger charge is -2.06. The molecule has 0 aliphatic heterocycles. The Bertz CT molecular complexity index is 309. The maximum absolute atomic E-state index is 11.2. The molecule has 1 aromatic rings. The zero-order chi connectivity index (χ0) is 11.1. The van der Waals surface area contributed by atoms with E-state index >= 15 is 0 Å². The summed E-state index contributed by atoms with van der Waals surface area (Å²) in [5.41, 5.74) is 1.99. The fourth-order valence-corrected chi connectivity index (χ4v) is 1.17. The number of aliphatic hydroxyl groups is 1. The van der Waals surface area contributed by atoms with Gasteiger partial charge in [-0.2, -0.15) is 0 Å². The van der Waals surface area contributed by atoms with Crippen molar-refractivity contribution in [2.75, 3.05) is 18.5 Å². The molecule has 0 unspecified atom stereocenters. The highest BCUT2D eigenvalue weighted by Crippen LogP contribution is 2.09. The highest BCUT2D eigenvalue weighted by molar-refractivity contribution is 5.89. The zero-order valence-electron chi connectivity index (χ0n) is 8.79. The summed E-state index contributed by atoms with van der Waals surface area (Å²) in [7, 11) is 0. The van der Waals surface area contributed by atoms with E-state index in [0.717, 1.165) is 12.1 Å². The highest BCUT2D eigenvalue weighted by Gasteiger charge is 1.99. The molecule has 1 rings (SSSR count). The van der Waals surface area contributed by atoms with Crippen molar-refractivity contribution >= 4 is 11.7 Å². The summed E-state index contributed by atoms with van der Waals surface area (Å²) in [6, 6.07) is 7.37. The standard InChI is InChI=1S/C11H16N2O2/c1-2-9-3-5-10(6-4-9)13-11(15)12-7-8-14/h3-6,14H,2,7-8H2,1H3,(H2,12,13,15). The number of rotatable bonds is 4. The molecule has 0 atom stereocenters. The number of amides is 2. The van der Waals surface area contributed by atoms with Crippen LogP contribution in [0.4, 0.5) is 10.5 Å². The van der Waals surface area contributed by atoms with E-state index < -0.39 is 0 Å². The summed E-state index contributed by atoms with van der Waals surface area (Å²) in [5, 5.41) is 13.7. The Kier molecular flexibility index (Phi) is 4.63. The van der Waals surface area contributed by atoms with Gasteiger partial charge >= 0.3 is 6.03 Å². The van der Waals surface area contributed by atoms with E-state index in [1.54, 1.807) is 0 Å². The minimum atomic E-state index is -0.298. The predicted molar refractivity (Wildman–Crippen MR) is 59.9 cm³/mol. The molecule has 0 aliphatic rings. The highest BCUT2D eigenvalue weighted by atomic mass is 16.3. The van der Waals surface area contributed by atoms with E-state index in [1.165, 1.54) is 5.56 Å². The van der Waals surface area contributed by atoms with Gasteiger partial charge in [0, 0.05) is 12.2 Å². The number of carbonyl (C=O) groups excluding carboxylic acids is 1. The van der Waals surface area contributed by atoms with Crippen LogP contribution >= 0.6 is 0 Å². The molecular formula is C11H16N2O2. The van der Waals surface area contributed by atoms with E-state index in [-0.39, 0.29) is 19.2 Å². The number of urea groups is 1. The SMILES string of the molecule is CCc1ccc(NC(=O)NCCO)cc1. The van der Waals surface area contributed by atoms with Crippen molar-refractivity contribution in [3.05, 3.63) is 29.8 Å². The van der Waals surface area contributed by atoms with E-state index in [9.17, 15) is 4.79 Å². The molecule has 3 N–H and O–H groups in total. The number of hydrogen-bond donors (Lipinski definition) is 3. The van der Waals surface area contributed by atoms with Crippen LogP contribution in [-0.2, 0) is 6.42 Å². The van der Waals surface area contributed by atoms with Crippen LogP contribution in [0, 0.1) is 0 Å². The summed E-state index contributed by atoms with van der Waals surface area (Å²) in [4.78, 5) is 11.2. The summed E-state index contributed by atoms with van der Waals surface area (Å²) in [5.74, 6) is 0. The van der Waals surface area contributed by atoms with Crippen LogP contribution in [0.1, 0.15) is 12.5 Å². The maximum Gasteiger partial charge on any atom is 0.319 e. The average Bonchev–Trinajstić information content (AvgIpc) is 2.27. The Morgan fingerprint density at radius 2 is 2.00 bits per heavy atom. The van der Waals surface area contributed by atoms with Gasteiger partial charge in [0.25, 0.3) is 0 Å². The van der Waals surface area contributed by atoms with Gasteiger partial charge in [0.15, 0.2) is 0 Å². The van der Waals surface area contributed by atoms with Crippen LogP contribution in [0.5, 0.6) is 0 Å². The zero-order valence-corrected chi connectivity index (χ0v) is 8.79. The molecule has 82 valence electrons. The molecule has 15 heavy (non-hydrogen) atoms. The van der Waals surface area contributed by atoms with E-state index in [1.807, 2.05) is 24.3 Å². The molecule has 0 saturated heterocycles. The van der Waals surface area contributed by atoms with E-state index in [2.05, 4.69) is 17.6 Å². The second kappa shape index (κ2) is 6.03. The topological polar surface area (TPSA) is 61.4 Å². The molecule has 0 fully saturated rings. The summed E-state index contributed by atoms with van der Waals surface area (Å²) in [6.45, 7) is 2.29. The number of nitrogens with one attached hydrogen (secondary N) is 2. The van der Waals surface area contributed by atoms with E-state index in [0.29, 0.717) is 0 Å². The largest absolute Gasteiger partial charge is 0.395 e. The fourth-order valence-electron chi connectivity index (χ4n) is 1.17. The van der Waals surface area contributed by atoms with Crippen molar-refractivity contribution in [3.8, 4) is 0 Å². The summed E-state index contributed by atoms with van der Waals surface area (Å²) >= 11 is 0. The summed E-state index contributed by atoms with van der Waals surface area (Å²) in [6.07, 6.45) is 0.983. The third kappa shape index (κ3) is 3.99. The third-order valence-electron chi connectivity index (χ3n) is 2.02. The molecule has 4 heteroatoms. The second-order valence-corrected chi connectivity index (χ2v) is 3.15. The van der Waals surface area contributed by atoms with Crippen LogP contribution < -0.4 is 10.6 Å². The van der Waals surface area contributed by atoms with Gasteiger partial charge in [-0.15, -0.1) is 0 Å². The molecule has 1 aromatic carbocycles. The number of aliphatic hydroxyl groups excluding tert-OH is 1. The molecule has 0 spiro atoms. The minimum Gasteiger partial charge on any atom is -0.395 e. The number of anilines is 1.